The molecule has 0 spiro atoms. The first kappa shape index (κ1) is 15.7. The lowest BCUT2D eigenvalue weighted by molar-refractivity contribution is 0.395. The maximum absolute atomic E-state index is 13.3. The third kappa shape index (κ3) is 2.83. The summed E-state index contributed by atoms with van der Waals surface area (Å²) in [5.74, 6) is -3.45. The normalized spacial score (nSPS) is 11.4. The van der Waals surface area contributed by atoms with Crippen LogP contribution in [0.5, 0.6) is 17.2 Å². The van der Waals surface area contributed by atoms with E-state index < -0.39 is 17.4 Å². The first-order valence-corrected chi connectivity index (χ1v) is 6.96. The molecule has 24 heavy (non-hydrogen) atoms. The minimum Gasteiger partial charge on any atom is -0.507 e. The molecule has 0 saturated carbocycles. The van der Waals surface area contributed by atoms with Gasteiger partial charge >= 0.3 is 0 Å². The van der Waals surface area contributed by atoms with Crippen molar-refractivity contribution in [2.75, 3.05) is 0 Å². The molecule has 0 atom stereocenters. The highest BCUT2D eigenvalue weighted by Crippen LogP contribution is 2.38. The molecule has 0 bridgehead atoms. The van der Waals surface area contributed by atoms with Gasteiger partial charge in [0.25, 0.3) is 0 Å². The highest BCUT2D eigenvalue weighted by molar-refractivity contribution is 5.94. The smallest absolute Gasteiger partial charge is 0.187 e. The van der Waals surface area contributed by atoms with E-state index in [0.29, 0.717) is 5.39 Å². The second-order valence-electron chi connectivity index (χ2n) is 5.09. The van der Waals surface area contributed by atoms with Crippen molar-refractivity contribution < 1.29 is 24.1 Å². The van der Waals surface area contributed by atoms with Crippen molar-refractivity contribution in [1.29, 1.82) is 0 Å². The van der Waals surface area contributed by atoms with Crippen LogP contribution in [0.3, 0.4) is 0 Å². The Hall–Kier alpha value is -3.22. The maximum Gasteiger partial charge on any atom is 0.187 e. The van der Waals surface area contributed by atoms with Crippen LogP contribution in [0.1, 0.15) is 5.56 Å². The third-order valence-corrected chi connectivity index (χ3v) is 3.46. The lowest BCUT2D eigenvalue weighted by atomic mass is 10.1. The van der Waals surface area contributed by atoms with Crippen LogP contribution >= 0.6 is 0 Å². The number of aromatic nitrogens is 1. The van der Waals surface area contributed by atoms with Gasteiger partial charge in [0.1, 0.15) is 17.0 Å². The Labute approximate surface area is 135 Å². The minimum atomic E-state index is -1.06. The number of nitrogens with zero attached hydrogens (tertiary/aromatic N) is 2. The first-order chi connectivity index (χ1) is 11.5. The second kappa shape index (κ2) is 6.11. The predicted octanol–water partition coefficient (Wildman–Crippen LogP) is 3.57. The SMILES string of the molecule is Oc1c(F)cc(CC=Nc2cc(O)c3cccnc3c2O)cc1F. The highest BCUT2D eigenvalue weighted by atomic mass is 19.1. The quantitative estimate of drug-likeness (QED) is 0.506. The van der Waals surface area contributed by atoms with Crippen LogP contribution in [-0.4, -0.2) is 26.5 Å². The largest absolute Gasteiger partial charge is 0.507 e. The fourth-order valence-corrected chi connectivity index (χ4v) is 2.28. The van der Waals surface area contributed by atoms with E-state index in [1.807, 2.05) is 0 Å². The number of hydrogen-bond acceptors (Lipinski definition) is 5. The molecule has 0 radical (unpaired) electrons. The average Bonchev–Trinajstić information content (AvgIpc) is 2.57. The van der Waals surface area contributed by atoms with Gasteiger partial charge in [0.05, 0.1) is 0 Å². The topological polar surface area (TPSA) is 85.9 Å². The number of benzene rings is 2. The first-order valence-electron chi connectivity index (χ1n) is 6.96. The summed E-state index contributed by atoms with van der Waals surface area (Å²) in [5.41, 5.74) is 0.541. The van der Waals surface area contributed by atoms with Crippen molar-refractivity contribution in [1.82, 2.24) is 4.98 Å². The molecule has 0 aliphatic heterocycles. The van der Waals surface area contributed by atoms with E-state index >= 15 is 0 Å². The molecule has 1 heterocycles. The van der Waals surface area contributed by atoms with Gasteiger partial charge in [-0.15, -0.1) is 0 Å². The van der Waals surface area contributed by atoms with Crippen LogP contribution in [0.15, 0.2) is 41.5 Å². The minimum absolute atomic E-state index is 0.0641. The Morgan fingerprint density at radius 3 is 2.46 bits per heavy atom. The van der Waals surface area contributed by atoms with Gasteiger partial charge in [-0.3, -0.25) is 9.98 Å². The van der Waals surface area contributed by atoms with E-state index in [1.54, 1.807) is 12.1 Å². The fourth-order valence-electron chi connectivity index (χ4n) is 2.28. The van der Waals surface area contributed by atoms with Gasteiger partial charge in [0.15, 0.2) is 23.1 Å². The summed E-state index contributed by atoms with van der Waals surface area (Å²) in [7, 11) is 0. The molecule has 0 unspecified atom stereocenters. The summed E-state index contributed by atoms with van der Waals surface area (Å²) < 4.78 is 26.5. The Kier molecular flexibility index (Phi) is 3.99. The molecule has 0 saturated heterocycles. The van der Waals surface area contributed by atoms with Gasteiger partial charge in [0, 0.05) is 30.3 Å². The van der Waals surface area contributed by atoms with Crippen LogP contribution < -0.4 is 0 Å². The molecule has 7 heteroatoms. The Bertz CT molecular complexity index is 935. The molecular formula is C17H12F2N2O3. The van der Waals surface area contributed by atoms with Crippen LogP contribution in [0, 0.1) is 11.6 Å². The molecule has 0 aliphatic rings. The zero-order valence-corrected chi connectivity index (χ0v) is 12.2. The molecule has 2 aromatic carbocycles. The second-order valence-corrected chi connectivity index (χ2v) is 5.09. The number of hydrogen-bond donors (Lipinski definition) is 3. The van der Waals surface area contributed by atoms with E-state index in [-0.39, 0.29) is 34.7 Å². The standard InChI is InChI=1S/C17H12F2N2O3/c18-11-6-9(7-12(19)16(11)23)3-5-20-13-8-14(22)10-2-1-4-21-15(10)17(13)24/h1-2,4-8,22-24H,3H2. The molecule has 3 N–H and O–H groups in total. The number of aliphatic imine (C=N–C) groups is 1. The molecule has 0 aliphatic carbocycles. The molecule has 0 fully saturated rings. The van der Waals surface area contributed by atoms with Gasteiger partial charge in [-0.05, 0) is 29.8 Å². The van der Waals surface area contributed by atoms with Gasteiger partial charge in [-0.2, -0.15) is 0 Å². The van der Waals surface area contributed by atoms with Crippen molar-refractivity contribution in [3.8, 4) is 17.2 Å². The highest BCUT2D eigenvalue weighted by Gasteiger charge is 2.11. The summed E-state index contributed by atoms with van der Waals surface area (Å²) in [6.45, 7) is 0. The summed E-state index contributed by atoms with van der Waals surface area (Å²) in [6.07, 6.45) is 2.86. The van der Waals surface area contributed by atoms with Crippen LogP contribution in [0.2, 0.25) is 0 Å². The summed E-state index contributed by atoms with van der Waals surface area (Å²) >= 11 is 0. The lowest BCUT2D eigenvalue weighted by Crippen LogP contribution is -1.91. The fraction of sp³-hybridized carbons (Fsp3) is 0.0588. The Morgan fingerprint density at radius 1 is 1.04 bits per heavy atom. The van der Waals surface area contributed by atoms with Crippen LogP contribution in [0.4, 0.5) is 14.5 Å². The zero-order chi connectivity index (χ0) is 17.3. The number of halogens is 2. The van der Waals surface area contributed by atoms with Crippen LogP contribution in [-0.2, 0) is 6.42 Å². The van der Waals surface area contributed by atoms with E-state index in [4.69, 9.17) is 5.11 Å². The molecule has 1 aromatic heterocycles. The van der Waals surface area contributed by atoms with Crippen LogP contribution in [0.25, 0.3) is 10.9 Å². The zero-order valence-electron chi connectivity index (χ0n) is 12.2. The van der Waals surface area contributed by atoms with Gasteiger partial charge in [-0.1, -0.05) is 0 Å². The van der Waals surface area contributed by atoms with Gasteiger partial charge in [-0.25, -0.2) is 8.78 Å². The predicted molar refractivity (Wildman–Crippen MR) is 85.0 cm³/mol. The lowest BCUT2D eigenvalue weighted by Gasteiger charge is -2.06. The molecule has 3 rings (SSSR count). The average molecular weight is 330 g/mol. The van der Waals surface area contributed by atoms with E-state index in [1.165, 1.54) is 18.5 Å². The molecule has 3 aromatic rings. The molecule has 122 valence electrons. The van der Waals surface area contributed by atoms with Gasteiger partial charge in [0.2, 0.25) is 0 Å². The van der Waals surface area contributed by atoms with Crippen molar-refractivity contribution >= 4 is 22.8 Å². The molecule has 5 nitrogen and oxygen atoms in total. The Morgan fingerprint density at radius 2 is 1.75 bits per heavy atom. The number of phenolic OH excluding ortho intramolecular Hbond substituents is 3. The number of fused-ring (bicyclic) bond motifs is 1. The van der Waals surface area contributed by atoms with Crippen molar-refractivity contribution in [3.05, 3.63) is 53.7 Å². The van der Waals surface area contributed by atoms with E-state index in [9.17, 15) is 19.0 Å². The number of aromatic hydroxyl groups is 3. The van der Waals surface area contributed by atoms with Crippen molar-refractivity contribution in [2.45, 2.75) is 6.42 Å². The maximum atomic E-state index is 13.3. The monoisotopic (exact) mass is 330 g/mol. The van der Waals surface area contributed by atoms with Crippen molar-refractivity contribution in [3.63, 3.8) is 0 Å². The van der Waals surface area contributed by atoms with Gasteiger partial charge < -0.3 is 15.3 Å². The van der Waals surface area contributed by atoms with Crippen molar-refractivity contribution in [2.24, 2.45) is 4.99 Å². The number of rotatable bonds is 3. The molecule has 0 amide bonds. The summed E-state index contributed by atoms with van der Waals surface area (Å²) in [5, 5.41) is 29.5. The number of phenols is 3. The van der Waals surface area contributed by atoms with E-state index in [2.05, 4.69) is 9.98 Å². The van der Waals surface area contributed by atoms with E-state index in [0.717, 1.165) is 12.1 Å². The number of pyridine rings is 1. The summed E-state index contributed by atoms with van der Waals surface area (Å²) in [6, 6.07) is 6.48. The summed E-state index contributed by atoms with van der Waals surface area (Å²) in [4.78, 5) is 8.00. The Balaban J connectivity index is 1.90. The third-order valence-electron chi connectivity index (χ3n) is 3.46. The molecular weight excluding hydrogens is 318 g/mol.